The van der Waals surface area contributed by atoms with Gasteiger partial charge in [-0.05, 0) is 43.0 Å². The molecule has 1 amide bonds. The summed E-state index contributed by atoms with van der Waals surface area (Å²) in [7, 11) is 1.65. The van der Waals surface area contributed by atoms with Crippen LogP contribution in [0.2, 0.25) is 0 Å². The van der Waals surface area contributed by atoms with Crippen LogP contribution in [0.1, 0.15) is 28.8 Å². The van der Waals surface area contributed by atoms with E-state index in [1.807, 2.05) is 0 Å². The number of halogens is 3. The van der Waals surface area contributed by atoms with Crippen molar-refractivity contribution in [3.8, 4) is 0 Å². The van der Waals surface area contributed by atoms with Crippen LogP contribution in [-0.4, -0.2) is 30.4 Å². The standard InChI is InChI=1S/C14H17F3N2O/c1-19(12(8-18)9-2-3-9)13(20)10-4-6-11(7-5-10)14(15,16)17/h4-7,9,12H,2-3,8,18H2,1H3. The van der Waals surface area contributed by atoms with Crippen LogP contribution in [0.5, 0.6) is 0 Å². The second kappa shape index (κ2) is 5.44. The Kier molecular flexibility index (Phi) is 4.04. The number of benzene rings is 1. The number of rotatable bonds is 4. The molecule has 1 aliphatic rings. The van der Waals surface area contributed by atoms with E-state index in [1.54, 1.807) is 11.9 Å². The lowest BCUT2D eigenvalue weighted by Crippen LogP contribution is -2.43. The number of amides is 1. The van der Waals surface area contributed by atoms with E-state index in [-0.39, 0.29) is 17.5 Å². The summed E-state index contributed by atoms with van der Waals surface area (Å²) < 4.78 is 37.4. The van der Waals surface area contributed by atoms with E-state index < -0.39 is 11.7 Å². The largest absolute Gasteiger partial charge is 0.416 e. The molecule has 6 heteroatoms. The zero-order valence-electron chi connectivity index (χ0n) is 11.2. The summed E-state index contributed by atoms with van der Waals surface area (Å²) in [6, 6.07) is 4.24. The normalized spacial score (nSPS) is 16.9. The average Bonchev–Trinajstić information content (AvgIpc) is 3.22. The molecule has 0 spiro atoms. The van der Waals surface area contributed by atoms with E-state index in [4.69, 9.17) is 5.73 Å². The van der Waals surface area contributed by atoms with Crippen molar-refractivity contribution in [1.29, 1.82) is 0 Å². The van der Waals surface area contributed by atoms with E-state index in [0.717, 1.165) is 25.0 Å². The minimum absolute atomic E-state index is 0.0372. The van der Waals surface area contributed by atoms with E-state index in [9.17, 15) is 18.0 Å². The van der Waals surface area contributed by atoms with Crippen LogP contribution in [0.15, 0.2) is 24.3 Å². The van der Waals surface area contributed by atoms with Crippen LogP contribution in [0, 0.1) is 5.92 Å². The van der Waals surface area contributed by atoms with Crippen molar-refractivity contribution in [2.24, 2.45) is 11.7 Å². The van der Waals surface area contributed by atoms with Crippen LogP contribution in [0.25, 0.3) is 0 Å². The van der Waals surface area contributed by atoms with Crippen molar-refractivity contribution in [3.63, 3.8) is 0 Å². The van der Waals surface area contributed by atoms with Gasteiger partial charge in [0.2, 0.25) is 0 Å². The fraction of sp³-hybridized carbons (Fsp3) is 0.500. The molecular formula is C14H17F3N2O. The van der Waals surface area contributed by atoms with Gasteiger partial charge in [-0.1, -0.05) is 0 Å². The zero-order chi connectivity index (χ0) is 14.9. The number of hydrogen-bond donors (Lipinski definition) is 1. The first kappa shape index (κ1) is 14.8. The maximum Gasteiger partial charge on any atom is 0.416 e. The molecule has 3 nitrogen and oxygen atoms in total. The minimum atomic E-state index is -4.39. The number of carbonyl (C=O) groups is 1. The Balaban J connectivity index is 2.12. The number of hydrogen-bond acceptors (Lipinski definition) is 2. The predicted octanol–water partition coefficient (Wildman–Crippen LogP) is 2.51. The number of nitrogens with two attached hydrogens (primary N) is 1. The summed E-state index contributed by atoms with van der Waals surface area (Å²) >= 11 is 0. The van der Waals surface area contributed by atoms with Crippen LogP contribution >= 0.6 is 0 Å². The molecule has 1 aromatic rings. The topological polar surface area (TPSA) is 46.3 Å². The first-order valence-corrected chi connectivity index (χ1v) is 6.49. The second-order valence-electron chi connectivity index (χ2n) is 5.13. The number of carbonyl (C=O) groups excluding carboxylic acids is 1. The van der Waals surface area contributed by atoms with Gasteiger partial charge in [0.25, 0.3) is 5.91 Å². The molecule has 2 N–H and O–H groups in total. The Bertz CT molecular complexity index is 480. The summed E-state index contributed by atoms with van der Waals surface area (Å²) in [6.07, 6.45) is -2.29. The summed E-state index contributed by atoms with van der Waals surface area (Å²) in [6.45, 7) is 0.369. The van der Waals surface area contributed by atoms with Gasteiger partial charge >= 0.3 is 6.18 Å². The molecule has 2 rings (SSSR count). The first-order chi connectivity index (χ1) is 9.34. The predicted molar refractivity (Wildman–Crippen MR) is 69.1 cm³/mol. The summed E-state index contributed by atoms with van der Waals surface area (Å²) in [5.74, 6) is 0.129. The minimum Gasteiger partial charge on any atom is -0.337 e. The zero-order valence-corrected chi connectivity index (χ0v) is 11.2. The van der Waals surface area contributed by atoms with Crippen LogP contribution in [-0.2, 0) is 6.18 Å². The molecular weight excluding hydrogens is 269 g/mol. The monoisotopic (exact) mass is 286 g/mol. The van der Waals surface area contributed by atoms with Crippen molar-refractivity contribution < 1.29 is 18.0 Å². The van der Waals surface area contributed by atoms with Crippen molar-refractivity contribution >= 4 is 5.91 Å². The maximum absolute atomic E-state index is 12.5. The van der Waals surface area contributed by atoms with Gasteiger partial charge in [0.15, 0.2) is 0 Å². The molecule has 1 fully saturated rings. The summed E-state index contributed by atoms with van der Waals surface area (Å²) in [5.41, 5.74) is 5.16. The summed E-state index contributed by atoms with van der Waals surface area (Å²) in [4.78, 5) is 13.8. The lowest BCUT2D eigenvalue weighted by Gasteiger charge is -2.27. The number of nitrogens with zero attached hydrogens (tertiary/aromatic N) is 1. The maximum atomic E-state index is 12.5. The molecule has 1 aromatic carbocycles. The van der Waals surface area contributed by atoms with Crippen LogP contribution < -0.4 is 5.73 Å². The van der Waals surface area contributed by atoms with Crippen molar-refractivity contribution in [2.45, 2.75) is 25.1 Å². The molecule has 0 aliphatic heterocycles. The Morgan fingerprint density at radius 1 is 1.35 bits per heavy atom. The Hall–Kier alpha value is -1.56. The van der Waals surface area contributed by atoms with Crippen molar-refractivity contribution in [2.75, 3.05) is 13.6 Å². The fourth-order valence-corrected chi connectivity index (χ4v) is 2.30. The highest BCUT2D eigenvalue weighted by Crippen LogP contribution is 2.35. The molecule has 0 aromatic heterocycles. The number of likely N-dealkylation sites (N-methyl/N-ethyl adjacent to an activating group) is 1. The molecule has 0 saturated heterocycles. The fourth-order valence-electron chi connectivity index (χ4n) is 2.30. The highest BCUT2D eigenvalue weighted by atomic mass is 19.4. The second-order valence-corrected chi connectivity index (χ2v) is 5.13. The van der Waals surface area contributed by atoms with Gasteiger partial charge in [-0.3, -0.25) is 4.79 Å². The van der Waals surface area contributed by atoms with Crippen LogP contribution in [0.4, 0.5) is 13.2 Å². The van der Waals surface area contributed by atoms with Gasteiger partial charge in [0, 0.05) is 25.2 Å². The molecule has 1 saturated carbocycles. The third-order valence-electron chi connectivity index (χ3n) is 3.68. The third-order valence-corrected chi connectivity index (χ3v) is 3.68. The van der Waals surface area contributed by atoms with E-state index in [1.165, 1.54) is 12.1 Å². The molecule has 0 heterocycles. The molecule has 1 atom stereocenters. The molecule has 1 aliphatic carbocycles. The number of alkyl halides is 3. The Labute approximate surface area is 115 Å². The van der Waals surface area contributed by atoms with Gasteiger partial charge in [0.1, 0.15) is 0 Å². The molecule has 20 heavy (non-hydrogen) atoms. The van der Waals surface area contributed by atoms with Crippen molar-refractivity contribution in [3.05, 3.63) is 35.4 Å². The molecule has 1 unspecified atom stereocenters. The SMILES string of the molecule is CN(C(=O)c1ccc(C(F)(F)F)cc1)C(CN)C1CC1. The first-order valence-electron chi connectivity index (χ1n) is 6.49. The quantitative estimate of drug-likeness (QED) is 0.924. The summed E-state index contributed by atoms with van der Waals surface area (Å²) in [5, 5.41) is 0. The lowest BCUT2D eigenvalue weighted by atomic mass is 10.1. The van der Waals surface area contributed by atoms with Gasteiger partial charge < -0.3 is 10.6 Å². The molecule has 0 radical (unpaired) electrons. The highest BCUT2D eigenvalue weighted by Gasteiger charge is 2.35. The smallest absolute Gasteiger partial charge is 0.337 e. The average molecular weight is 286 g/mol. The Morgan fingerprint density at radius 2 is 1.90 bits per heavy atom. The highest BCUT2D eigenvalue weighted by molar-refractivity contribution is 5.94. The van der Waals surface area contributed by atoms with Crippen molar-refractivity contribution in [1.82, 2.24) is 4.90 Å². The molecule has 0 bridgehead atoms. The van der Waals surface area contributed by atoms with E-state index in [2.05, 4.69) is 0 Å². The third kappa shape index (κ3) is 3.12. The van der Waals surface area contributed by atoms with Gasteiger partial charge in [0.05, 0.1) is 5.56 Å². The molecule has 110 valence electrons. The lowest BCUT2D eigenvalue weighted by molar-refractivity contribution is -0.137. The van der Waals surface area contributed by atoms with Crippen LogP contribution in [0.3, 0.4) is 0 Å². The van der Waals surface area contributed by atoms with E-state index in [0.29, 0.717) is 12.5 Å². The Morgan fingerprint density at radius 3 is 2.30 bits per heavy atom. The van der Waals surface area contributed by atoms with Gasteiger partial charge in [-0.2, -0.15) is 13.2 Å². The van der Waals surface area contributed by atoms with Gasteiger partial charge in [-0.15, -0.1) is 0 Å². The van der Waals surface area contributed by atoms with E-state index >= 15 is 0 Å². The van der Waals surface area contributed by atoms with Gasteiger partial charge in [-0.25, -0.2) is 0 Å².